The Balaban J connectivity index is 1.74. The van der Waals surface area contributed by atoms with Gasteiger partial charge in [-0.05, 0) is 17.7 Å². The number of para-hydroxylation sites is 2. The predicted molar refractivity (Wildman–Crippen MR) is 150 cm³/mol. The number of hydrogen-bond donors (Lipinski definition) is 3. The van der Waals surface area contributed by atoms with Crippen molar-refractivity contribution in [3.8, 4) is 11.5 Å². The van der Waals surface area contributed by atoms with Crippen LogP contribution in [0.25, 0.3) is 0 Å². The van der Waals surface area contributed by atoms with Crippen LogP contribution in [0.15, 0.2) is 94.6 Å². The highest BCUT2D eigenvalue weighted by Gasteiger charge is 2.54. The van der Waals surface area contributed by atoms with E-state index < -0.39 is 41.2 Å². The first-order chi connectivity index (χ1) is 19.9. The molecule has 10 heteroatoms. The Bertz CT molecular complexity index is 1600. The lowest BCUT2D eigenvalue weighted by molar-refractivity contribution is -0.0980. The van der Waals surface area contributed by atoms with Gasteiger partial charge in [-0.15, -0.1) is 0 Å². The SMILES string of the molecule is COc1ccccc1C(c1ccccc1)(c1ccccc1OC)C(O)[C@H]1O[C@@H](n2cc(C=O)c(=O)[nH]c2=O)C[C@@H]1O. The minimum atomic E-state index is -1.46. The van der Waals surface area contributed by atoms with Crippen LogP contribution < -0.4 is 20.7 Å². The maximum absolute atomic E-state index is 12.6. The van der Waals surface area contributed by atoms with E-state index in [1.807, 2.05) is 66.7 Å². The zero-order chi connectivity index (χ0) is 29.1. The topological polar surface area (TPSA) is 140 Å². The van der Waals surface area contributed by atoms with Crippen LogP contribution in [0.4, 0.5) is 0 Å². The van der Waals surface area contributed by atoms with Crippen molar-refractivity contribution in [1.29, 1.82) is 0 Å². The molecule has 0 bridgehead atoms. The highest BCUT2D eigenvalue weighted by molar-refractivity contribution is 5.73. The summed E-state index contributed by atoms with van der Waals surface area (Å²) in [5, 5.41) is 23.8. The summed E-state index contributed by atoms with van der Waals surface area (Å²) >= 11 is 0. The number of carbonyl (C=O) groups excluding carboxylic acids is 1. The lowest BCUT2D eigenvalue weighted by atomic mass is 9.63. The fraction of sp³-hybridized carbons (Fsp3) is 0.258. The number of aliphatic hydroxyl groups excluding tert-OH is 2. The largest absolute Gasteiger partial charge is 0.496 e. The first-order valence-corrected chi connectivity index (χ1v) is 13.0. The Labute approximate surface area is 235 Å². The van der Waals surface area contributed by atoms with Gasteiger partial charge in [0.05, 0.1) is 31.3 Å². The molecule has 1 aromatic heterocycles. The minimum absolute atomic E-state index is 0.0886. The standard InChI is InChI=1S/C31H30N2O8/c1-39-24-14-8-6-12-21(24)31(20-10-4-3-5-11-20,22-13-7-9-15-25(22)40-2)28(36)27-23(35)16-26(41-27)33-17-19(18-34)29(37)32-30(33)38/h3-15,17-18,23,26-28,35-36H,16H2,1-2H3,(H,32,37,38)/t23-,26+,27-,28?/m0/s1. The Morgan fingerprint density at radius 2 is 1.51 bits per heavy atom. The number of methoxy groups -OCH3 is 2. The number of nitrogens with one attached hydrogen (secondary N) is 1. The van der Waals surface area contributed by atoms with Gasteiger partial charge < -0.3 is 24.4 Å². The van der Waals surface area contributed by atoms with Crippen LogP contribution in [0.1, 0.15) is 39.7 Å². The van der Waals surface area contributed by atoms with E-state index >= 15 is 0 Å². The first kappa shape index (κ1) is 28.0. The summed E-state index contributed by atoms with van der Waals surface area (Å²) in [6.45, 7) is 0. The average molecular weight is 559 g/mol. The molecular formula is C31H30N2O8. The molecule has 0 spiro atoms. The van der Waals surface area contributed by atoms with Crippen molar-refractivity contribution >= 4 is 6.29 Å². The number of ether oxygens (including phenoxy) is 3. The second kappa shape index (κ2) is 11.5. The van der Waals surface area contributed by atoms with Crippen LogP contribution >= 0.6 is 0 Å². The monoisotopic (exact) mass is 558 g/mol. The molecule has 3 N–H and O–H groups in total. The molecule has 4 atom stereocenters. The molecule has 1 saturated heterocycles. The fourth-order valence-electron chi connectivity index (χ4n) is 5.76. The van der Waals surface area contributed by atoms with Crippen molar-refractivity contribution in [3.05, 3.63) is 128 Å². The maximum atomic E-state index is 12.6. The van der Waals surface area contributed by atoms with E-state index in [0.29, 0.717) is 34.5 Å². The van der Waals surface area contributed by atoms with Gasteiger partial charge in [-0.1, -0.05) is 66.7 Å². The highest BCUT2D eigenvalue weighted by atomic mass is 16.5. The van der Waals surface area contributed by atoms with E-state index in [4.69, 9.17) is 14.2 Å². The van der Waals surface area contributed by atoms with E-state index in [1.54, 1.807) is 12.1 Å². The zero-order valence-electron chi connectivity index (χ0n) is 22.5. The number of carbonyl (C=O) groups is 1. The summed E-state index contributed by atoms with van der Waals surface area (Å²) in [6, 6.07) is 23.8. The quantitative estimate of drug-likeness (QED) is 0.210. The molecule has 5 rings (SSSR count). The summed E-state index contributed by atoms with van der Waals surface area (Å²) in [4.78, 5) is 38.1. The third-order valence-electron chi connectivity index (χ3n) is 7.62. The molecule has 212 valence electrons. The van der Waals surface area contributed by atoms with Crippen molar-refractivity contribution < 1.29 is 29.2 Å². The number of benzene rings is 3. The van der Waals surface area contributed by atoms with Crippen molar-refractivity contribution in [2.45, 2.75) is 36.4 Å². The fourth-order valence-corrected chi connectivity index (χ4v) is 5.76. The van der Waals surface area contributed by atoms with E-state index in [9.17, 15) is 24.6 Å². The molecule has 10 nitrogen and oxygen atoms in total. The third kappa shape index (κ3) is 4.76. The molecule has 1 unspecified atom stereocenters. The number of nitrogens with zero attached hydrogens (tertiary/aromatic N) is 1. The Hall–Kier alpha value is -4.51. The van der Waals surface area contributed by atoms with Crippen molar-refractivity contribution in [1.82, 2.24) is 9.55 Å². The molecule has 1 aliphatic rings. The molecule has 0 saturated carbocycles. The summed E-state index contributed by atoms with van der Waals surface area (Å²) in [7, 11) is 3.07. The smallest absolute Gasteiger partial charge is 0.330 e. The summed E-state index contributed by atoms with van der Waals surface area (Å²) in [5.74, 6) is 0.968. The lowest BCUT2D eigenvalue weighted by Gasteiger charge is -2.43. The number of aldehydes is 1. The molecule has 1 aliphatic heterocycles. The molecule has 0 radical (unpaired) electrons. The number of hydrogen-bond acceptors (Lipinski definition) is 8. The lowest BCUT2D eigenvalue weighted by Crippen LogP contribution is -2.51. The molecule has 4 aromatic rings. The van der Waals surface area contributed by atoms with Gasteiger partial charge in [0.1, 0.15) is 29.9 Å². The van der Waals surface area contributed by atoms with Crippen LogP contribution in [0.3, 0.4) is 0 Å². The van der Waals surface area contributed by atoms with Gasteiger partial charge in [0, 0.05) is 23.7 Å². The molecule has 1 fully saturated rings. The second-order valence-electron chi connectivity index (χ2n) is 9.75. The van der Waals surface area contributed by atoms with Gasteiger partial charge in [0.25, 0.3) is 5.56 Å². The van der Waals surface area contributed by atoms with Crippen molar-refractivity contribution in [2.75, 3.05) is 14.2 Å². The van der Waals surface area contributed by atoms with E-state index in [1.165, 1.54) is 14.2 Å². The van der Waals surface area contributed by atoms with Crippen LogP contribution in [0, 0.1) is 0 Å². The van der Waals surface area contributed by atoms with Crippen molar-refractivity contribution in [3.63, 3.8) is 0 Å². The van der Waals surface area contributed by atoms with Gasteiger partial charge >= 0.3 is 5.69 Å². The van der Waals surface area contributed by atoms with E-state index in [-0.39, 0.29) is 12.0 Å². The predicted octanol–water partition coefficient (Wildman–Crippen LogP) is 2.41. The number of aromatic amines is 1. The van der Waals surface area contributed by atoms with Gasteiger partial charge in [-0.2, -0.15) is 0 Å². The average Bonchev–Trinajstić information content (AvgIpc) is 3.39. The Morgan fingerprint density at radius 1 is 0.951 bits per heavy atom. The van der Waals surface area contributed by atoms with Gasteiger partial charge in [0.2, 0.25) is 0 Å². The van der Waals surface area contributed by atoms with Gasteiger partial charge in [0.15, 0.2) is 6.29 Å². The zero-order valence-corrected chi connectivity index (χ0v) is 22.5. The first-order valence-electron chi connectivity index (χ1n) is 13.0. The van der Waals surface area contributed by atoms with Crippen LogP contribution in [0.2, 0.25) is 0 Å². The minimum Gasteiger partial charge on any atom is -0.496 e. The molecule has 0 aliphatic carbocycles. The van der Waals surface area contributed by atoms with Crippen LogP contribution in [0.5, 0.6) is 11.5 Å². The Kier molecular flexibility index (Phi) is 7.89. The number of aromatic nitrogens is 2. The molecule has 3 aromatic carbocycles. The Morgan fingerprint density at radius 3 is 2.07 bits per heavy atom. The third-order valence-corrected chi connectivity index (χ3v) is 7.62. The number of H-pyrrole nitrogens is 1. The van der Waals surface area contributed by atoms with Crippen molar-refractivity contribution in [2.24, 2.45) is 0 Å². The second-order valence-corrected chi connectivity index (χ2v) is 9.75. The summed E-state index contributed by atoms with van der Waals surface area (Å²) < 4.78 is 18.8. The maximum Gasteiger partial charge on any atom is 0.330 e. The van der Waals surface area contributed by atoms with Crippen LogP contribution in [-0.2, 0) is 10.2 Å². The summed E-state index contributed by atoms with van der Waals surface area (Å²) in [6.07, 6.45) is -3.66. The van der Waals surface area contributed by atoms with Gasteiger partial charge in [-0.3, -0.25) is 19.1 Å². The molecule has 41 heavy (non-hydrogen) atoms. The molecule has 2 heterocycles. The highest BCUT2D eigenvalue weighted by Crippen LogP contribution is 2.51. The summed E-state index contributed by atoms with van der Waals surface area (Å²) in [5.41, 5.74) is -1.45. The number of aliphatic hydroxyl groups is 2. The van der Waals surface area contributed by atoms with E-state index in [0.717, 1.165) is 10.8 Å². The normalized spacial score (nSPS) is 19.5. The molecule has 0 amide bonds. The van der Waals surface area contributed by atoms with Crippen LogP contribution in [-0.4, -0.2) is 58.6 Å². The number of rotatable bonds is 9. The van der Waals surface area contributed by atoms with E-state index in [2.05, 4.69) is 4.98 Å². The molecular weight excluding hydrogens is 528 g/mol. The van der Waals surface area contributed by atoms with Gasteiger partial charge in [-0.25, -0.2) is 4.79 Å².